The van der Waals surface area contributed by atoms with Crippen LogP contribution in [-0.4, -0.2) is 29.5 Å². The van der Waals surface area contributed by atoms with Gasteiger partial charge in [-0.05, 0) is 18.1 Å². The first kappa shape index (κ1) is 13.6. The Hall–Kier alpha value is -1.81. The predicted molar refractivity (Wildman–Crippen MR) is 77.8 cm³/mol. The zero-order valence-corrected chi connectivity index (χ0v) is 11.6. The Balaban J connectivity index is 2.11. The number of nitrogens with zero attached hydrogens (tertiary/aromatic N) is 2. The third-order valence-electron chi connectivity index (χ3n) is 3.38. The lowest BCUT2D eigenvalue weighted by Crippen LogP contribution is -2.21. The second-order valence-corrected chi connectivity index (χ2v) is 4.96. The van der Waals surface area contributed by atoms with Gasteiger partial charge in [0.05, 0.1) is 0 Å². The Bertz CT molecular complexity index is 572. The van der Waals surface area contributed by atoms with Crippen LogP contribution < -0.4 is 5.73 Å². The monoisotopic (exact) mass is 259 g/mol. The number of rotatable bonds is 5. The van der Waals surface area contributed by atoms with Crippen LogP contribution >= 0.6 is 0 Å². The molecule has 19 heavy (non-hydrogen) atoms. The second kappa shape index (κ2) is 5.89. The maximum Gasteiger partial charge on any atom is 0.222 e. The standard InChI is InChI=1S/C15H21N3O/c1-17(2)15(19)8-5-9-18-11-12(10-16)13-6-3-4-7-14(13)18/h3-4,6-7,11H,5,8-10,16H2,1-2H3. The first-order valence-electron chi connectivity index (χ1n) is 6.60. The molecule has 1 amide bonds. The number of amides is 1. The maximum atomic E-state index is 11.6. The van der Waals surface area contributed by atoms with E-state index in [2.05, 4.69) is 22.9 Å². The lowest BCUT2D eigenvalue weighted by molar-refractivity contribution is -0.128. The number of carbonyl (C=O) groups excluding carboxylic acids is 1. The minimum atomic E-state index is 0.176. The van der Waals surface area contributed by atoms with Crippen LogP contribution in [0.1, 0.15) is 18.4 Å². The highest BCUT2D eigenvalue weighted by Gasteiger charge is 2.08. The van der Waals surface area contributed by atoms with E-state index in [-0.39, 0.29) is 5.91 Å². The number of fused-ring (bicyclic) bond motifs is 1. The highest BCUT2D eigenvalue weighted by Crippen LogP contribution is 2.21. The number of nitrogens with two attached hydrogens (primary N) is 1. The highest BCUT2D eigenvalue weighted by molar-refractivity contribution is 5.84. The van der Waals surface area contributed by atoms with E-state index in [9.17, 15) is 4.79 Å². The van der Waals surface area contributed by atoms with Gasteiger partial charge in [-0.3, -0.25) is 4.79 Å². The van der Waals surface area contributed by atoms with Gasteiger partial charge in [-0.25, -0.2) is 0 Å². The van der Waals surface area contributed by atoms with E-state index < -0.39 is 0 Å². The Labute approximate surface area is 113 Å². The molecule has 0 atom stereocenters. The van der Waals surface area contributed by atoms with E-state index in [1.54, 1.807) is 19.0 Å². The van der Waals surface area contributed by atoms with Crippen molar-refractivity contribution in [3.63, 3.8) is 0 Å². The van der Waals surface area contributed by atoms with Gasteiger partial charge in [-0.2, -0.15) is 0 Å². The molecular weight excluding hydrogens is 238 g/mol. The largest absolute Gasteiger partial charge is 0.349 e. The number of para-hydroxylation sites is 1. The molecule has 0 saturated carbocycles. The van der Waals surface area contributed by atoms with Crippen LogP contribution in [0.15, 0.2) is 30.5 Å². The van der Waals surface area contributed by atoms with Crippen molar-refractivity contribution in [1.82, 2.24) is 9.47 Å². The fourth-order valence-corrected chi connectivity index (χ4v) is 2.29. The summed E-state index contributed by atoms with van der Waals surface area (Å²) in [7, 11) is 3.58. The van der Waals surface area contributed by atoms with E-state index in [0.29, 0.717) is 13.0 Å². The average molecular weight is 259 g/mol. The number of hydrogen-bond donors (Lipinski definition) is 1. The van der Waals surface area contributed by atoms with Gasteiger partial charge in [-0.15, -0.1) is 0 Å². The van der Waals surface area contributed by atoms with Crippen LogP contribution in [0.2, 0.25) is 0 Å². The zero-order chi connectivity index (χ0) is 13.8. The topological polar surface area (TPSA) is 51.3 Å². The lowest BCUT2D eigenvalue weighted by Gasteiger charge is -2.10. The summed E-state index contributed by atoms with van der Waals surface area (Å²) >= 11 is 0. The maximum absolute atomic E-state index is 11.6. The first-order chi connectivity index (χ1) is 9.13. The van der Waals surface area contributed by atoms with E-state index in [4.69, 9.17) is 5.73 Å². The molecule has 0 radical (unpaired) electrons. The van der Waals surface area contributed by atoms with Gasteiger partial charge in [0.15, 0.2) is 0 Å². The Morgan fingerprint density at radius 1 is 1.32 bits per heavy atom. The molecule has 4 heteroatoms. The molecule has 2 aromatic rings. The van der Waals surface area contributed by atoms with Gasteiger partial charge < -0.3 is 15.2 Å². The summed E-state index contributed by atoms with van der Waals surface area (Å²) in [6, 6.07) is 8.26. The zero-order valence-electron chi connectivity index (χ0n) is 11.6. The van der Waals surface area contributed by atoms with Crippen molar-refractivity contribution in [3.8, 4) is 0 Å². The molecule has 0 fully saturated rings. The molecule has 0 aliphatic heterocycles. The number of aromatic nitrogens is 1. The van der Waals surface area contributed by atoms with Crippen molar-refractivity contribution in [2.45, 2.75) is 25.9 Å². The summed E-state index contributed by atoms with van der Waals surface area (Å²) < 4.78 is 2.19. The van der Waals surface area contributed by atoms with E-state index in [1.807, 2.05) is 12.1 Å². The summed E-state index contributed by atoms with van der Waals surface area (Å²) in [5, 5.41) is 1.21. The van der Waals surface area contributed by atoms with Gasteiger partial charge in [0, 0.05) is 50.7 Å². The molecule has 2 rings (SSSR count). The molecule has 0 bridgehead atoms. The molecule has 0 spiro atoms. The van der Waals surface area contributed by atoms with Crippen molar-refractivity contribution in [2.75, 3.05) is 14.1 Å². The molecule has 2 N–H and O–H groups in total. The summed E-state index contributed by atoms with van der Waals surface area (Å²) in [5.41, 5.74) is 8.13. The number of hydrogen-bond acceptors (Lipinski definition) is 2. The van der Waals surface area contributed by atoms with Gasteiger partial charge in [-0.1, -0.05) is 18.2 Å². The average Bonchev–Trinajstić information content (AvgIpc) is 2.77. The summed E-state index contributed by atoms with van der Waals surface area (Å²) in [6.45, 7) is 1.39. The van der Waals surface area contributed by atoms with Crippen LogP contribution in [0.4, 0.5) is 0 Å². The fraction of sp³-hybridized carbons (Fsp3) is 0.400. The molecular formula is C15H21N3O. The number of aryl methyl sites for hydroxylation is 1. The lowest BCUT2D eigenvalue weighted by atomic mass is 10.2. The first-order valence-corrected chi connectivity index (χ1v) is 6.60. The Morgan fingerprint density at radius 3 is 2.74 bits per heavy atom. The third-order valence-corrected chi connectivity index (χ3v) is 3.38. The predicted octanol–water partition coefficient (Wildman–Crippen LogP) is 1.97. The quantitative estimate of drug-likeness (QED) is 0.892. The fourth-order valence-electron chi connectivity index (χ4n) is 2.29. The molecule has 0 aliphatic rings. The van der Waals surface area contributed by atoms with Crippen molar-refractivity contribution in [2.24, 2.45) is 5.73 Å². The number of benzene rings is 1. The van der Waals surface area contributed by atoms with Crippen LogP contribution in [-0.2, 0) is 17.9 Å². The molecule has 0 unspecified atom stereocenters. The number of carbonyl (C=O) groups is 1. The molecule has 1 heterocycles. The van der Waals surface area contributed by atoms with Gasteiger partial charge in [0.2, 0.25) is 5.91 Å². The van der Waals surface area contributed by atoms with E-state index in [0.717, 1.165) is 18.5 Å². The highest BCUT2D eigenvalue weighted by atomic mass is 16.2. The van der Waals surface area contributed by atoms with Crippen LogP contribution in [0.3, 0.4) is 0 Å². The summed E-state index contributed by atoms with van der Waals surface area (Å²) in [6.07, 6.45) is 3.53. The van der Waals surface area contributed by atoms with E-state index in [1.165, 1.54) is 10.9 Å². The van der Waals surface area contributed by atoms with Crippen molar-refractivity contribution in [3.05, 3.63) is 36.0 Å². The third kappa shape index (κ3) is 2.96. The SMILES string of the molecule is CN(C)C(=O)CCCn1cc(CN)c2ccccc21. The van der Waals surface area contributed by atoms with Crippen molar-refractivity contribution in [1.29, 1.82) is 0 Å². The minimum Gasteiger partial charge on any atom is -0.349 e. The van der Waals surface area contributed by atoms with Gasteiger partial charge >= 0.3 is 0 Å². The summed E-state index contributed by atoms with van der Waals surface area (Å²) in [5.74, 6) is 0.176. The smallest absolute Gasteiger partial charge is 0.222 e. The molecule has 0 saturated heterocycles. The van der Waals surface area contributed by atoms with Crippen LogP contribution in [0.5, 0.6) is 0 Å². The molecule has 1 aromatic carbocycles. The molecule has 102 valence electrons. The normalized spacial score (nSPS) is 10.9. The minimum absolute atomic E-state index is 0.176. The second-order valence-electron chi connectivity index (χ2n) is 4.96. The Morgan fingerprint density at radius 2 is 2.05 bits per heavy atom. The summed E-state index contributed by atoms with van der Waals surface area (Å²) in [4.78, 5) is 13.2. The van der Waals surface area contributed by atoms with Crippen molar-refractivity contribution >= 4 is 16.8 Å². The molecule has 0 aliphatic carbocycles. The van der Waals surface area contributed by atoms with Crippen molar-refractivity contribution < 1.29 is 4.79 Å². The van der Waals surface area contributed by atoms with E-state index >= 15 is 0 Å². The molecule has 1 aromatic heterocycles. The van der Waals surface area contributed by atoms with Gasteiger partial charge in [0.1, 0.15) is 0 Å². The van der Waals surface area contributed by atoms with Crippen LogP contribution in [0.25, 0.3) is 10.9 Å². The van der Waals surface area contributed by atoms with Crippen LogP contribution in [0, 0.1) is 0 Å². The van der Waals surface area contributed by atoms with Gasteiger partial charge in [0.25, 0.3) is 0 Å². The molecule has 4 nitrogen and oxygen atoms in total. The Kier molecular flexibility index (Phi) is 4.22.